The predicted octanol–water partition coefficient (Wildman–Crippen LogP) is 4.03. The first-order chi connectivity index (χ1) is 16.6. The van der Waals surface area contributed by atoms with Crippen molar-refractivity contribution < 1.29 is 33.0 Å². The minimum atomic E-state index is -2.02. The molecule has 2 aliphatic rings. The number of rotatable bonds is 11. The molecule has 194 valence electrons. The van der Waals surface area contributed by atoms with Gasteiger partial charge >= 0.3 is 11.9 Å². The van der Waals surface area contributed by atoms with Crippen LogP contribution in [0.5, 0.6) is 11.5 Å². The molecule has 0 bridgehead atoms. The number of esters is 2. The van der Waals surface area contributed by atoms with Crippen molar-refractivity contribution in [1.29, 1.82) is 0 Å². The summed E-state index contributed by atoms with van der Waals surface area (Å²) in [6, 6.07) is 0. The lowest BCUT2D eigenvalue weighted by atomic mass is 9.94. The molecule has 9 heteroatoms. The van der Waals surface area contributed by atoms with Gasteiger partial charge in [-0.2, -0.15) is 0 Å². The highest BCUT2D eigenvalue weighted by atomic mass is 28.4. The third-order valence-corrected chi connectivity index (χ3v) is 7.00. The SMILES string of the molecule is COc1c(C)c2c(c(O[Si](C)(C)C)c1C/C=C(\C)CCC(=O)OCCN1CCOCC1)C(=O)OC2. The summed E-state index contributed by atoms with van der Waals surface area (Å²) in [6.07, 6.45) is 3.54. The number of allylic oxidation sites excluding steroid dienone is 2. The first-order valence-electron chi connectivity index (χ1n) is 12.3. The Balaban J connectivity index is 1.66. The van der Waals surface area contributed by atoms with E-state index in [1.807, 2.05) is 13.8 Å². The van der Waals surface area contributed by atoms with E-state index in [0.29, 0.717) is 37.2 Å². The molecule has 1 aromatic carbocycles. The largest absolute Gasteiger partial charge is 0.543 e. The highest BCUT2D eigenvalue weighted by Gasteiger charge is 2.34. The van der Waals surface area contributed by atoms with Crippen molar-refractivity contribution in [3.63, 3.8) is 0 Å². The second-order valence-corrected chi connectivity index (χ2v) is 14.5. The zero-order valence-corrected chi connectivity index (χ0v) is 23.0. The molecule has 0 spiro atoms. The number of fused-ring (bicyclic) bond motifs is 1. The molecule has 2 heterocycles. The Labute approximate surface area is 209 Å². The maximum absolute atomic E-state index is 12.6. The maximum atomic E-state index is 12.6. The van der Waals surface area contributed by atoms with E-state index >= 15 is 0 Å². The fourth-order valence-electron chi connectivity index (χ4n) is 4.29. The average Bonchev–Trinajstić information content (AvgIpc) is 3.20. The summed E-state index contributed by atoms with van der Waals surface area (Å²) >= 11 is 0. The monoisotopic (exact) mass is 505 g/mol. The number of carbonyl (C=O) groups is 2. The Kier molecular flexibility index (Phi) is 9.38. The molecular weight excluding hydrogens is 466 g/mol. The van der Waals surface area contributed by atoms with Crippen LogP contribution in [0.4, 0.5) is 0 Å². The first-order valence-corrected chi connectivity index (χ1v) is 15.7. The first kappa shape index (κ1) is 27.2. The van der Waals surface area contributed by atoms with E-state index in [-0.39, 0.29) is 18.5 Å². The van der Waals surface area contributed by atoms with Crippen LogP contribution in [0.25, 0.3) is 0 Å². The van der Waals surface area contributed by atoms with Crippen molar-refractivity contribution in [3.05, 3.63) is 33.9 Å². The van der Waals surface area contributed by atoms with Gasteiger partial charge in [-0.25, -0.2) is 4.79 Å². The Bertz CT molecular complexity index is 962. The van der Waals surface area contributed by atoms with Gasteiger partial charge in [0.05, 0.1) is 20.3 Å². The number of cyclic esters (lactones) is 1. The summed E-state index contributed by atoms with van der Waals surface area (Å²) in [5.41, 5.74) is 4.18. The van der Waals surface area contributed by atoms with Crippen LogP contribution in [0.3, 0.4) is 0 Å². The molecule has 0 aromatic heterocycles. The molecule has 2 aliphatic heterocycles. The minimum Gasteiger partial charge on any atom is -0.543 e. The second kappa shape index (κ2) is 12.1. The second-order valence-electron chi connectivity index (χ2n) is 10.0. The van der Waals surface area contributed by atoms with Crippen molar-refractivity contribution in [2.24, 2.45) is 0 Å². The molecule has 1 saturated heterocycles. The van der Waals surface area contributed by atoms with Gasteiger partial charge in [0, 0.05) is 37.2 Å². The molecule has 0 atom stereocenters. The van der Waals surface area contributed by atoms with Gasteiger partial charge < -0.3 is 23.4 Å². The van der Waals surface area contributed by atoms with Gasteiger partial charge in [-0.3, -0.25) is 9.69 Å². The Morgan fingerprint density at radius 2 is 1.86 bits per heavy atom. The summed E-state index contributed by atoms with van der Waals surface area (Å²) < 4.78 is 28.3. The quantitative estimate of drug-likeness (QED) is 0.253. The van der Waals surface area contributed by atoms with Crippen molar-refractivity contribution in [3.8, 4) is 11.5 Å². The van der Waals surface area contributed by atoms with E-state index in [1.54, 1.807) is 7.11 Å². The zero-order valence-electron chi connectivity index (χ0n) is 22.0. The minimum absolute atomic E-state index is 0.192. The van der Waals surface area contributed by atoms with Crippen LogP contribution >= 0.6 is 0 Å². The fourth-order valence-corrected chi connectivity index (χ4v) is 5.13. The van der Waals surface area contributed by atoms with E-state index < -0.39 is 8.32 Å². The Morgan fingerprint density at radius 1 is 1.14 bits per heavy atom. The number of nitrogens with zero attached hydrogens (tertiary/aromatic N) is 1. The lowest BCUT2D eigenvalue weighted by Gasteiger charge is -2.26. The molecule has 0 saturated carbocycles. The third-order valence-electron chi connectivity index (χ3n) is 6.19. The van der Waals surface area contributed by atoms with E-state index in [9.17, 15) is 9.59 Å². The van der Waals surface area contributed by atoms with Crippen LogP contribution in [-0.4, -0.2) is 71.7 Å². The topological polar surface area (TPSA) is 83.5 Å². The summed E-state index contributed by atoms with van der Waals surface area (Å²) in [7, 11) is -0.386. The number of carbonyl (C=O) groups excluding carboxylic acids is 2. The number of benzene rings is 1. The van der Waals surface area contributed by atoms with Crippen molar-refractivity contribution in [2.45, 2.75) is 59.4 Å². The van der Waals surface area contributed by atoms with Gasteiger partial charge in [-0.15, -0.1) is 0 Å². The van der Waals surface area contributed by atoms with Gasteiger partial charge in [-0.1, -0.05) is 11.6 Å². The van der Waals surface area contributed by atoms with Crippen LogP contribution < -0.4 is 9.16 Å². The van der Waals surface area contributed by atoms with E-state index in [0.717, 1.165) is 60.9 Å². The molecule has 0 radical (unpaired) electrons. The van der Waals surface area contributed by atoms with E-state index in [2.05, 4.69) is 30.6 Å². The highest BCUT2D eigenvalue weighted by molar-refractivity contribution is 6.70. The molecule has 8 nitrogen and oxygen atoms in total. The molecule has 0 unspecified atom stereocenters. The zero-order chi connectivity index (χ0) is 25.6. The molecule has 0 N–H and O–H groups in total. The number of hydrogen-bond donors (Lipinski definition) is 0. The summed E-state index contributed by atoms with van der Waals surface area (Å²) in [6.45, 7) is 14.8. The standard InChI is InChI=1S/C26H39NO7Si/c1-18(8-10-22(28)32-16-13-27-11-14-31-15-12-27)7-9-20-24(30-3)19(2)21-17-33-26(29)23(21)25(20)34-35(4,5)6/h7H,8-17H2,1-6H3/b18-7+. The lowest BCUT2D eigenvalue weighted by Crippen LogP contribution is -2.38. The molecular formula is C26H39NO7Si. The van der Waals surface area contributed by atoms with Crippen LogP contribution in [0.2, 0.25) is 19.6 Å². The third kappa shape index (κ3) is 7.31. The summed E-state index contributed by atoms with van der Waals surface area (Å²) in [5, 5.41) is 0. The van der Waals surface area contributed by atoms with Crippen molar-refractivity contribution >= 4 is 20.3 Å². The molecule has 0 aliphatic carbocycles. The van der Waals surface area contributed by atoms with Gasteiger partial charge in [0.25, 0.3) is 0 Å². The van der Waals surface area contributed by atoms with E-state index in [4.69, 9.17) is 23.4 Å². The molecule has 1 aromatic rings. The van der Waals surface area contributed by atoms with Gasteiger partial charge in [0.1, 0.15) is 30.3 Å². The van der Waals surface area contributed by atoms with E-state index in [1.165, 1.54) is 0 Å². The van der Waals surface area contributed by atoms with Gasteiger partial charge in [-0.05, 0) is 51.9 Å². The average molecular weight is 506 g/mol. The molecule has 35 heavy (non-hydrogen) atoms. The number of methoxy groups -OCH3 is 1. The van der Waals surface area contributed by atoms with Crippen molar-refractivity contribution in [1.82, 2.24) is 4.90 Å². The Hall–Kier alpha value is -2.36. The number of hydrogen-bond acceptors (Lipinski definition) is 8. The predicted molar refractivity (Wildman–Crippen MR) is 136 cm³/mol. The normalized spacial score (nSPS) is 16.6. The molecule has 0 amide bonds. The smallest absolute Gasteiger partial charge is 0.342 e. The van der Waals surface area contributed by atoms with Gasteiger partial charge in [0.2, 0.25) is 8.32 Å². The van der Waals surface area contributed by atoms with Crippen LogP contribution in [0.1, 0.15) is 46.8 Å². The van der Waals surface area contributed by atoms with Gasteiger partial charge in [0.15, 0.2) is 0 Å². The summed E-state index contributed by atoms with van der Waals surface area (Å²) in [4.78, 5) is 27.0. The lowest BCUT2D eigenvalue weighted by molar-refractivity contribution is -0.144. The molecule has 1 fully saturated rings. The van der Waals surface area contributed by atoms with Crippen LogP contribution in [-0.2, 0) is 32.0 Å². The van der Waals surface area contributed by atoms with Crippen LogP contribution in [0, 0.1) is 6.92 Å². The number of ether oxygens (including phenoxy) is 4. The molecule has 3 rings (SSSR count). The van der Waals surface area contributed by atoms with Crippen LogP contribution in [0.15, 0.2) is 11.6 Å². The fraction of sp³-hybridized carbons (Fsp3) is 0.615. The summed E-state index contributed by atoms with van der Waals surface area (Å²) in [5.74, 6) is 0.765. The number of morpholine rings is 1. The maximum Gasteiger partial charge on any atom is 0.342 e. The Morgan fingerprint density at radius 3 is 2.51 bits per heavy atom. The highest BCUT2D eigenvalue weighted by Crippen LogP contribution is 2.43. The van der Waals surface area contributed by atoms with Crippen molar-refractivity contribution in [2.75, 3.05) is 46.6 Å².